The predicted molar refractivity (Wildman–Crippen MR) is 136 cm³/mol. The largest absolute Gasteiger partial charge is 0.497 e. The zero-order chi connectivity index (χ0) is 25.1. The first-order chi connectivity index (χ1) is 16.8. The molecule has 0 radical (unpaired) electrons. The van der Waals surface area contributed by atoms with Crippen LogP contribution in [0.5, 0.6) is 5.75 Å². The van der Waals surface area contributed by atoms with Gasteiger partial charge in [-0.1, -0.05) is 24.6 Å². The van der Waals surface area contributed by atoms with E-state index in [4.69, 9.17) is 31.8 Å². The molecule has 8 nitrogen and oxygen atoms in total. The number of carbonyl (C=O) groups excluding carboxylic acids is 2. The Hall–Kier alpha value is -3.36. The van der Waals surface area contributed by atoms with Gasteiger partial charge >= 0.3 is 6.09 Å². The average Bonchev–Trinajstić information content (AvgIpc) is 2.88. The van der Waals surface area contributed by atoms with Gasteiger partial charge < -0.3 is 25.0 Å². The van der Waals surface area contributed by atoms with E-state index < -0.39 is 12.3 Å². The predicted octanol–water partition coefficient (Wildman–Crippen LogP) is 4.46. The molecular formula is C26H29ClN4O4. The van der Waals surface area contributed by atoms with Gasteiger partial charge in [0.05, 0.1) is 42.7 Å². The number of nitrogens with zero attached hydrogens (tertiary/aromatic N) is 3. The molecule has 1 aliphatic heterocycles. The molecule has 1 aromatic heterocycles. The van der Waals surface area contributed by atoms with Crippen LogP contribution in [0.15, 0.2) is 42.5 Å². The van der Waals surface area contributed by atoms with Gasteiger partial charge in [0.15, 0.2) is 0 Å². The number of hydrogen-bond acceptors (Lipinski definition) is 6. The molecule has 1 saturated heterocycles. The van der Waals surface area contributed by atoms with E-state index in [1.807, 2.05) is 44.2 Å². The van der Waals surface area contributed by atoms with E-state index in [1.54, 1.807) is 24.1 Å². The first-order valence-corrected chi connectivity index (χ1v) is 11.9. The van der Waals surface area contributed by atoms with Gasteiger partial charge in [-0.15, -0.1) is 0 Å². The Morgan fingerprint density at radius 1 is 1.17 bits per heavy atom. The third-order valence-electron chi connectivity index (χ3n) is 6.13. The molecule has 2 amide bonds. The molecule has 0 spiro atoms. The molecular weight excluding hydrogens is 468 g/mol. The number of rotatable bonds is 5. The lowest BCUT2D eigenvalue weighted by molar-refractivity contribution is 0.0392. The summed E-state index contributed by atoms with van der Waals surface area (Å²) in [6, 6.07) is 12.9. The van der Waals surface area contributed by atoms with E-state index in [0.29, 0.717) is 35.8 Å². The van der Waals surface area contributed by atoms with Crippen LogP contribution in [0, 0.1) is 6.92 Å². The van der Waals surface area contributed by atoms with Gasteiger partial charge in [-0.25, -0.2) is 9.78 Å². The number of nitrogens with two attached hydrogens (primary N) is 1. The number of halogens is 1. The summed E-state index contributed by atoms with van der Waals surface area (Å²) in [4.78, 5) is 33.4. The Balaban J connectivity index is 1.59. The van der Waals surface area contributed by atoms with E-state index >= 15 is 0 Å². The molecule has 35 heavy (non-hydrogen) atoms. The van der Waals surface area contributed by atoms with Crippen LogP contribution in [-0.4, -0.2) is 66.3 Å². The number of carbonyl (C=O) groups is 2. The molecule has 0 bridgehead atoms. The van der Waals surface area contributed by atoms with E-state index in [-0.39, 0.29) is 12.5 Å². The van der Waals surface area contributed by atoms with Crippen LogP contribution in [-0.2, 0) is 4.74 Å². The molecule has 2 N–H and O–H groups in total. The molecule has 0 saturated carbocycles. The number of amides is 2. The van der Waals surface area contributed by atoms with Crippen molar-refractivity contribution >= 4 is 34.5 Å². The summed E-state index contributed by atoms with van der Waals surface area (Å²) in [6.07, 6.45) is -0.290. The summed E-state index contributed by atoms with van der Waals surface area (Å²) in [5, 5.41) is 1.36. The third-order valence-corrected chi connectivity index (χ3v) is 6.62. The number of methoxy groups -OCH3 is 1. The van der Waals surface area contributed by atoms with E-state index in [2.05, 4.69) is 0 Å². The lowest BCUT2D eigenvalue weighted by atomic mass is 10.0. The fourth-order valence-electron chi connectivity index (χ4n) is 4.16. The second kappa shape index (κ2) is 10.5. The smallest absolute Gasteiger partial charge is 0.409 e. The van der Waals surface area contributed by atoms with Crippen LogP contribution in [0.25, 0.3) is 22.2 Å². The van der Waals surface area contributed by atoms with Gasteiger partial charge in [0.25, 0.3) is 5.91 Å². The highest BCUT2D eigenvalue weighted by atomic mass is 35.5. The topological polar surface area (TPSA) is 98.0 Å². The molecule has 1 atom stereocenters. The van der Waals surface area contributed by atoms with Crippen molar-refractivity contribution in [2.45, 2.75) is 26.4 Å². The quantitative estimate of drug-likeness (QED) is 0.560. The average molecular weight is 497 g/mol. The first kappa shape index (κ1) is 24.8. The highest BCUT2D eigenvalue weighted by Gasteiger charge is 2.31. The molecule has 0 aliphatic carbocycles. The fourth-order valence-corrected chi connectivity index (χ4v) is 4.41. The van der Waals surface area contributed by atoms with E-state index in [0.717, 1.165) is 34.4 Å². The molecule has 2 heterocycles. The minimum Gasteiger partial charge on any atom is -0.497 e. The number of aromatic nitrogens is 1. The number of fused-ring (bicyclic) bond motifs is 1. The normalized spacial score (nSPS) is 15.9. The molecule has 184 valence electrons. The maximum Gasteiger partial charge on any atom is 0.409 e. The Morgan fingerprint density at radius 3 is 2.57 bits per heavy atom. The standard InChI is InChI=1S/C26H29ClN4O4/c1-4-13-35-26(33)30-11-12-31(22(28)15-30)25(32)18-7-10-20-21(14-18)29-24(16(2)23(20)27)17-5-8-19(34-3)9-6-17/h5-10,14,22H,4,11-13,15,28H2,1-3H3. The summed E-state index contributed by atoms with van der Waals surface area (Å²) in [5.74, 6) is 0.534. The Bertz CT molecular complexity index is 1250. The molecule has 9 heteroatoms. The van der Waals surface area contributed by atoms with Crippen LogP contribution in [0.4, 0.5) is 4.79 Å². The molecule has 1 unspecified atom stereocenters. The van der Waals surface area contributed by atoms with Crippen molar-refractivity contribution in [3.8, 4) is 17.0 Å². The fraction of sp³-hybridized carbons (Fsp3) is 0.346. The van der Waals surface area contributed by atoms with Crippen molar-refractivity contribution in [1.82, 2.24) is 14.8 Å². The second-order valence-corrected chi connectivity index (χ2v) is 8.86. The Kier molecular flexibility index (Phi) is 7.42. The lowest BCUT2D eigenvalue weighted by Gasteiger charge is -2.39. The molecule has 4 rings (SSSR count). The van der Waals surface area contributed by atoms with Gasteiger partial charge in [-0.05, 0) is 55.3 Å². The second-order valence-electron chi connectivity index (χ2n) is 8.49. The minimum atomic E-state index is -0.634. The van der Waals surface area contributed by atoms with Gasteiger partial charge in [-0.2, -0.15) is 0 Å². The lowest BCUT2D eigenvalue weighted by Crippen LogP contribution is -2.60. The van der Waals surface area contributed by atoms with Crippen molar-refractivity contribution in [3.05, 3.63) is 58.6 Å². The van der Waals surface area contributed by atoms with Crippen LogP contribution >= 0.6 is 11.6 Å². The highest BCUT2D eigenvalue weighted by Crippen LogP contribution is 2.34. The van der Waals surface area contributed by atoms with Gasteiger partial charge in [0, 0.05) is 29.6 Å². The van der Waals surface area contributed by atoms with Gasteiger partial charge in [-0.3, -0.25) is 4.79 Å². The molecule has 2 aromatic carbocycles. The number of ether oxygens (including phenoxy) is 2. The highest BCUT2D eigenvalue weighted by molar-refractivity contribution is 6.36. The van der Waals surface area contributed by atoms with Crippen LogP contribution < -0.4 is 10.5 Å². The summed E-state index contributed by atoms with van der Waals surface area (Å²) in [6.45, 7) is 5.11. The summed E-state index contributed by atoms with van der Waals surface area (Å²) < 4.78 is 10.4. The minimum absolute atomic E-state index is 0.215. The summed E-state index contributed by atoms with van der Waals surface area (Å²) in [7, 11) is 1.62. The van der Waals surface area contributed by atoms with Gasteiger partial charge in [0.1, 0.15) is 5.75 Å². The first-order valence-electron chi connectivity index (χ1n) is 11.6. The summed E-state index contributed by atoms with van der Waals surface area (Å²) >= 11 is 6.70. The van der Waals surface area contributed by atoms with Crippen LogP contribution in [0.1, 0.15) is 29.3 Å². The number of pyridine rings is 1. The molecule has 1 aliphatic rings. The van der Waals surface area contributed by atoms with Crippen LogP contribution in [0.2, 0.25) is 5.02 Å². The zero-order valence-corrected chi connectivity index (χ0v) is 20.8. The zero-order valence-electron chi connectivity index (χ0n) is 20.1. The Labute approximate surface area is 209 Å². The van der Waals surface area contributed by atoms with Crippen molar-refractivity contribution < 1.29 is 19.1 Å². The summed E-state index contributed by atoms with van der Waals surface area (Å²) in [5.41, 5.74) is 9.84. The monoisotopic (exact) mass is 496 g/mol. The maximum absolute atomic E-state index is 13.3. The van der Waals surface area contributed by atoms with E-state index in [9.17, 15) is 9.59 Å². The van der Waals surface area contributed by atoms with Gasteiger partial charge in [0.2, 0.25) is 0 Å². The number of piperazine rings is 1. The number of benzene rings is 2. The number of hydrogen-bond donors (Lipinski definition) is 1. The van der Waals surface area contributed by atoms with Crippen LogP contribution in [0.3, 0.4) is 0 Å². The van der Waals surface area contributed by atoms with E-state index in [1.165, 1.54) is 4.90 Å². The third kappa shape index (κ3) is 5.04. The molecule has 3 aromatic rings. The van der Waals surface area contributed by atoms with Crippen molar-refractivity contribution in [1.29, 1.82) is 0 Å². The molecule has 1 fully saturated rings. The SMILES string of the molecule is CCCOC(=O)N1CCN(C(=O)c2ccc3c(Cl)c(C)c(-c4ccc(OC)cc4)nc3c2)C(N)C1. The Morgan fingerprint density at radius 2 is 1.91 bits per heavy atom. The maximum atomic E-state index is 13.3. The van der Waals surface area contributed by atoms with Crippen molar-refractivity contribution in [2.75, 3.05) is 33.4 Å². The van der Waals surface area contributed by atoms with Crippen molar-refractivity contribution in [3.63, 3.8) is 0 Å². The van der Waals surface area contributed by atoms with Crippen molar-refractivity contribution in [2.24, 2.45) is 5.73 Å².